The van der Waals surface area contributed by atoms with E-state index in [-0.39, 0.29) is 6.04 Å². The summed E-state index contributed by atoms with van der Waals surface area (Å²) in [5, 5.41) is 9.53. The smallest absolute Gasteiger partial charge is 0.0773 e. The second-order valence-corrected chi connectivity index (χ2v) is 3.53. The maximum absolute atomic E-state index is 9.53. The summed E-state index contributed by atoms with van der Waals surface area (Å²) in [6.45, 7) is 0.524. The van der Waals surface area contributed by atoms with Crippen molar-refractivity contribution in [3.05, 3.63) is 34.9 Å². The fraction of sp³-hybridized carbons (Fsp3) is 0.400. The van der Waals surface area contributed by atoms with Crippen LogP contribution < -0.4 is 11.5 Å². The van der Waals surface area contributed by atoms with Crippen LogP contribution in [0.15, 0.2) is 18.2 Å². The SMILES string of the molecule is NCc1ccc2c(c1)[C@@H](N)[C@H](O)C2. The first-order valence-corrected chi connectivity index (χ1v) is 4.48. The number of nitrogens with two attached hydrogens (primary N) is 2. The second-order valence-electron chi connectivity index (χ2n) is 3.53. The molecular weight excluding hydrogens is 164 g/mol. The topological polar surface area (TPSA) is 72.3 Å². The van der Waals surface area contributed by atoms with E-state index < -0.39 is 6.10 Å². The fourth-order valence-electron chi connectivity index (χ4n) is 1.83. The van der Waals surface area contributed by atoms with Crippen molar-refractivity contribution in [2.75, 3.05) is 0 Å². The van der Waals surface area contributed by atoms with Crippen LogP contribution in [-0.2, 0) is 13.0 Å². The molecule has 0 saturated heterocycles. The molecule has 0 bridgehead atoms. The van der Waals surface area contributed by atoms with E-state index in [9.17, 15) is 5.11 Å². The van der Waals surface area contributed by atoms with Crippen LogP contribution in [0.1, 0.15) is 22.7 Å². The predicted molar refractivity (Wildman–Crippen MR) is 51.0 cm³/mol. The molecule has 3 nitrogen and oxygen atoms in total. The van der Waals surface area contributed by atoms with Crippen LogP contribution in [0.5, 0.6) is 0 Å². The monoisotopic (exact) mass is 178 g/mol. The van der Waals surface area contributed by atoms with Gasteiger partial charge in [-0.2, -0.15) is 0 Å². The van der Waals surface area contributed by atoms with Crippen LogP contribution in [0.3, 0.4) is 0 Å². The van der Waals surface area contributed by atoms with Gasteiger partial charge in [0.1, 0.15) is 0 Å². The number of aliphatic hydroxyl groups excluding tert-OH is 1. The Hall–Kier alpha value is -0.900. The Kier molecular flexibility index (Phi) is 2.07. The minimum Gasteiger partial charge on any atom is -0.391 e. The first-order chi connectivity index (χ1) is 6.22. The molecule has 5 N–H and O–H groups in total. The average molecular weight is 178 g/mol. The fourth-order valence-corrected chi connectivity index (χ4v) is 1.83. The van der Waals surface area contributed by atoms with Crippen molar-refractivity contribution in [2.45, 2.75) is 25.1 Å². The van der Waals surface area contributed by atoms with Gasteiger partial charge in [-0.1, -0.05) is 18.2 Å². The number of benzene rings is 1. The summed E-state index contributed by atoms with van der Waals surface area (Å²) in [7, 11) is 0. The van der Waals surface area contributed by atoms with E-state index in [4.69, 9.17) is 11.5 Å². The lowest BCUT2D eigenvalue weighted by atomic mass is 10.0. The maximum atomic E-state index is 9.53. The van der Waals surface area contributed by atoms with Gasteiger partial charge in [0.15, 0.2) is 0 Å². The normalized spacial score (nSPS) is 26.1. The molecule has 1 aliphatic rings. The van der Waals surface area contributed by atoms with E-state index in [0.717, 1.165) is 16.7 Å². The molecule has 0 heterocycles. The van der Waals surface area contributed by atoms with Gasteiger partial charge in [-0.3, -0.25) is 0 Å². The third-order valence-electron chi connectivity index (χ3n) is 2.65. The number of fused-ring (bicyclic) bond motifs is 1. The molecule has 1 aromatic carbocycles. The van der Waals surface area contributed by atoms with Crippen molar-refractivity contribution in [1.29, 1.82) is 0 Å². The van der Waals surface area contributed by atoms with Crippen LogP contribution in [-0.4, -0.2) is 11.2 Å². The second kappa shape index (κ2) is 3.10. The zero-order valence-electron chi connectivity index (χ0n) is 7.40. The summed E-state index contributed by atoms with van der Waals surface area (Å²) in [4.78, 5) is 0. The van der Waals surface area contributed by atoms with Crippen molar-refractivity contribution in [2.24, 2.45) is 11.5 Å². The number of aliphatic hydroxyl groups is 1. The molecule has 0 aromatic heterocycles. The molecule has 0 amide bonds. The number of hydrogen-bond donors (Lipinski definition) is 3. The maximum Gasteiger partial charge on any atom is 0.0773 e. The minimum atomic E-state index is -0.428. The van der Waals surface area contributed by atoms with Gasteiger partial charge in [0.25, 0.3) is 0 Å². The predicted octanol–water partition coefficient (Wildman–Crippen LogP) is 0.0621. The van der Waals surface area contributed by atoms with Gasteiger partial charge in [-0.15, -0.1) is 0 Å². The van der Waals surface area contributed by atoms with E-state index in [1.165, 1.54) is 0 Å². The number of rotatable bonds is 1. The Morgan fingerprint density at radius 1 is 1.46 bits per heavy atom. The summed E-state index contributed by atoms with van der Waals surface area (Å²) < 4.78 is 0. The highest BCUT2D eigenvalue weighted by Gasteiger charge is 2.27. The minimum absolute atomic E-state index is 0.235. The lowest BCUT2D eigenvalue weighted by Gasteiger charge is -2.09. The van der Waals surface area contributed by atoms with Crippen molar-refractivity contribution in [3.8, 4) is 0 Å². The quantitative estimate of drug-likeness (QED) is 0.569. The summed E-state index contributed by atoms with van der Waals surface area (Å²) in [5.74, 6) is 0. The van der Waals surface area contributed by atoms with E-state index in [0.29, 0.717) is 13.0 Å². The molecule has 70 valence electrons. The van der Waals surface area contributed by atoms with Crippen LogP contribution in [0.4, 0.5) is 0 Å². The molecule has 3 heteroatoms. The van der Waals surface area contributed by atoms with Crippen molar-refractivity contribution in [3.63, 3.8) is 0 Å². The Morgan fingerprint density at radius 3 is 2.92 bits per heavy atom. The van der Waals surface area contributed by atoms with Gasteiger partial charge in [-0.25, -0.2) is 0 Å². The molecule has 0 spiro atoms. The summed E-state index contributed by atoms with van der Waals surface area (Å²) >= 11 is 0. The van der Waals surface area contributed by atoms with Gasteiger partial charge in [0.05, 0.1) is 12.1 Å². The first kappa shape index (κ1) is 8.69. The zero-order chi connectivity index (χ0) is 9.42. The summed E-state index contributed by atoms with van der Waals surface area (Å²) in [6.07, 6.45) is 0.240. The average Bonchev–Trinajstić information content (AvgIpc) is 2.43. The molecule has 0 saturated carbocycles. The Balaban J connectivity index is 2.42. The van der Waals surface area contributed by atoms with E-state index >= 15 is 0 Å². The third kappa shape index (κ3) is 1.35. The molecule has 0 radical (unpaired) electrons. The van der Waals surface area contributed by atoms with Crippen molar-refractivity contribution < 1.29 is 5.11 Å². The molecule has 13 heavy (non-hydrogen) atoms. The summed E-state index contributed by atoms with van der Waals surface area (Å²) in [6, 6.07) is 5.76. The van der Waals surface area contributed by atoms with Crippen LogP contribution in [0.25, 0.3) is 0 Å². The molecule has 2 rings (SSSR count). The van der Waals surface area contributed by atoms with Crippen molar-refractivity contribution in [1.82, 2.24) is 0 Å². The highest BCUT2D eigenvalue weighted by molar-refractivity contribution is 5.39. The Morgan fingerprint density at radius 2 is 2.23 bits per heavy atom. The molecule has 1 aliphatic carbocycles. The number of hydrogen-bond acceptors (Lipinski definition) is 3. The van der Waals surface area contributed by atoms with Crippen molar-refractivity contribution >= 4 is 0 Å². The van der Waals surface area contributed by atoms with Gasteiger partial charge in [0.2, 0.25) is 0 Å². The largest absolute Gasteiger partial charge is 0.391 e. The molecule has 0 aliphatic heterocycles. The van der Waals surface area contributed by atoms with Crippen LogP contribution in [0, 0.1) is 0 Å². The van der Waals surface area contributed by atoms with E-state index in [1.54, 1.807) is 0 Å². The molecule has 2 atom stereocenters. The molecular formula is C10H14N2O. The van der Waals surface area contributed by atoms with E-state index in [1.807, 2.05) is 18.2 Å². The Bertz CT molecular complexity index is 325. The van der Waals surface area contributed by atoms with Crippen LogP contribution >= 0.6 is 0 Å². The van der Waals surface area contributed by atoms with Gasteiger partial charge in [0, 0.05) is 13.0 Å². The first-order valence-electron chi connectivity index (χ1n) is 4.48. The third-order valence-corrected chi connectivity index (χ3v) is 2.65. The highest BCUT2D eigenvalue weighted by atomic mass is 16.3. The zero-order valence-corrected chi connectivity index (χ0v) is 7.40. The van der Waals surface area contributed by atoms with E-state index in [2.05, 4.69) is 0 Å². The lowest BCUT2D eigenvalue weighted by Crippen LogP contribution is -2.21. The van der Waals surface area contributed by atoms with Gasteiger partial charge in [-0.05, 0) is 16.7 Å². The molecule has 0 fully saturated rings. The summed E-state index contributed by atoms with van der Waals surface area (Å²) in [5.41, 5.74) is 14.6. The lowest BCUT2D eigenvalue weighted by molar-refractivity contribution is 0.158. The highest BCUT2D eigenvalue weighted by Crippen LogP contribution is 2.30. The Labute approximate surface area is 77.4 Å². The van der Waals surface area contributed by atoms with Gasteiger partial charge >= 0.3 is 0 Å². The molecule has 0 unspecified atom stereocenters. The van der Waals surface area contributed by atoms with Gasteiger partial charge < -0.3 is 16.6 Å². The van der Waals surface area contributed by atoms with Crippen LogP contribution in [0.2, 0.25) is 0 Å². The molecule has 1 aromatic rings. The standard InChI is InChI=1S/C10H14N2O/c11-5-6-1-2-7-4-9(13)10(12)8(7)3-6/h1-3,9-10,13H,4-5,11-12H2/t9-,10-/m1/s1.